The Morgan fingerprint density at radius 3 is 2.85 bits per heavy atom. The van der Waals surface area contributed by atoms with Gasteiger partial charge in [-0.15, -0.1) is 0 Å². The second-order valence-corrected chi connectivity index (χ2v) is 4.53. The number of anilines is 1. The summed E-state index contributed by atoms with van der Waals surface area (Å²) >= 11 is 0. The number of para-hydroxylation sites is 1. The lowest BCUT2D eigenvalue weighted by molar-refractivity contribution is 0.620. The molecular formula is C15H12FN3O. The van der Waals surface area contributed by atoms with Crippen LogP contribution in [0.2, 0.25) is 0 Å². The molecule has 0 aliphatic rings. The Bertz CT molecular complexity index is 842. The van der Waals surface area contributed by atoms with Crippen LogP contribution in [-0.4, -0.2) is 9.78 Å². The second-order valence-electron chi connectivity index (χ2n) is 4.53. The molecule has 2 N–H and O–H groups in total. The summed E-state index contributed by atoms with van der Waals surface area (Å²) in [4.78, 5) is 11.7. The topological polar surface area (TPSA) is 60.9 Å². The van der Waals surface area contributed by atoms with Crippen molar-refractivity contribution in [2.75, 3.05) is 5.73 Å². The summed E-state index contributed by atoms with van der Waals surface area (Å²) in [5.74, 6) is -0.348. The highest BCUT2D eigenvalue weighted by atomic mass is 19.1. The summed E-state index contributed by atoms with van der Waals surface area (Å²) in [6.07, 6.45) is 1.26. The normalized spacial score (nSPS) is 10.8. The molecular weight excluding hydrogens is 257 g/mol. The van der Waals surface area contributed by atoms with Gasteiger partial charge in [0.15, 0.2) is 0 Å². The van der Waals surface area contributed by atoms with Crippen molar-refractivity contribution >= 4 is 16.6 Å². The van der Waals surface area contributed by atoms with Gasteiger partial charge in [0.1, 0.15) is 5.82 Å². The molecule has 1 heterocycles. The average Bonchev–Trinajstić information content (AvgIpc) is 2.46. The molecule has 0 fully saturated rings. The lowest BCUT2D eigenvalue weighted by Gasteiger charge is -2.11. The zero-order chi connectivity index (χ0) is 14.1. The predicted molar refractivity (Wildman–Crippen MR) is 75.9 cm³/mol. The van der Waals surface area contributed by atoms with Gasteiger partial charge in [0.25, 0.3) is 0 Å². The minimum absolute atomic E-state index is 0.135. The Morgan fingerprint density at radius 1 is 1.20 bits per heavy atom. The average molecular weight is 269 g/mol. The monoisotopic (exact) mass is 269 g/mol. The first kappa shape index (κ1) is 12.3. The maximum Gasteiger partial charge on any atom is 0.207 e. The number of nitrogen functional groups attached to an aromatic ring is 1. The molecule has 3 rings (SSSR count). The third-order valence-corrected chi connectivity index (χ3v) is 3.19. The van der Waals surface area contributed by atoms with Crippen LogP contribution in [0.5, 0.6) is 0 Å². The molecule has 0 bridgehead atoms. The molecule has 0 atom stereocenters. The molecule has 0 saturated heterocycles. The molecule has 0 aliphatic carbocycles. The Balaban J connectivity index is 2.14. The van der Waals surface area contributed by atoms with E-state index in [9.17, 15) is 9.18 Å². The van der Waals surface area contributed by atoms with Gasteiger partial charge in [-0.25, -0.2) is 4.39 Å². The fraction of sp³-hybridized carbons (Fsp3) is 0.0667. The minimum atomic E-state index is -0.348. The number of nitrogens with two attached hydrogens (primary N) is 1. The first-order chi connectivity index (χ1) is 9.65. The van der Waals surface area contributed by atoms with E-state index in [2.05, 4.69) is 5.10 Å². The number of aromatic nitrogens is 2. The predicted octanol–water partition coefficient (Wildman–Crippen LogP) is 2.17. The fourth-order valence-electron chi connectivity index (χ4n) is 2.16. The zero-order valence-electron chi connectivity index (χ0n) is 10.6. The summed E-state index contributed by atoms with van der Waals surface area (Å²) in [7, 11) is 0. The van der Waals surface area contributed by atoms with Crippen molar-refractivity contribution in [3.05, 3.63) is 70.3 Å². The fourth-order valence-corrected chi connectivity index (χ4v) is 2.16. The van der Waals surface area contributed by atoms with Gasteiger partial charge < -0.3 is 5.73 Å². The Morgan fingerprint density at radius 2 is 2.00 bits per heavy atom. The summed E-state index contributed by atoms with van der Waals surface area (Å²) in [5.41, 5.74) is 7.53. The van der Waals surface area contributed by atoms with E-state index in [1.165, 1.54) is 24.4 Å². The molecule has 0 aliphatic heterocycles. The highest BCUT2D eigenvalue weighted by Crippen LogP contribution is 2.16. The van der Waals surface area contributed by atoms with E-state index in [0.29, 0.717) is 28.7 Å². The molecule has 0 spiro atoms. The maximum atomic E-state index is 13.3. The molecule has 0 saturated carbocycles. The van der Waals surface area contributed by atoms with E-state index < -0.39 is 0 Å². The molecule has 0 amide bonds. The summed E-state index contributed by atoms with van der Waals surface area (Å²) in [6.45, 7) is 0.310. The standard InChI is InChI=1S/C15H12FN3O/c16-11-5-6-13(17)10(7-11)9-19-14-4-2-1-3-12(14)15(20)8-18-19/h1-8H,9,17H2. The minimum Gasteiger partial charge on any atom is -0.398 e. The lowest BCUT2D eigenvalue weighted by Crippen LogP contribution is -2.13. The van der Waals surface area contributed by atoms with Crippen LogP contribution in [-0.2, 0) is 6.54 Å². The van der Waals surface area contributed by atoms with Crippen LogP contribution in [0.25, 0.3) is 10.9 Å². The van der Waals surface area contributed by atoms with E-state index >= 15 is 0 Å². The summed E-state index contributed by atoms with van der Waals surface area (Å²) in [5, 5.41) is 4.68. The van der Waals surface area contributed by atoms with Gasteiger partial charge >= 0.3 is 0 Å². The number of rotatable bonds is 2. The van der Waals surface area contributed by atoms with E-state index in [4.69, 9.17) is 5.73 Å². The van der Waals surface area contributed by atoms with Crippen molar-refractivity contribution in [2.45, 2.75) is 6.54 Å². The SMILES string of the molecule is Nc1ccc(F)cc1Cn1ncc(=O)c2ccccc21. The maximum absolute atomic E-state index is 13.3. The summed E-state index contributed by atoms with van der Waals surface area (Å²) in [6, 6.07) is 11.4. The molecule has 0 radical (unpaired) electrons. The number of nitrogens with zero attached hydrogens (tertiary/aromatic N) is 2. The molecule has 20 heavy (non-hydrogen) atoms. The van der Waals surface area contributed by atoms with Crippen LogP contribution in [0.1, 0.15) is 5.56 Å². The lowest BCUT2D eigenvalue weighted by atomic mass is 10.1. The zero-order valence-corrected chi connectivity index (χ0v) is 10.6. The van der Waals surface area contributed by atoms with E-state index in [1.807, 2.05) is 6.07 Å². The van der Waals surface area contributed by atoms with Crippen LogP contribution in [0.3, 0.4) is 0 Å². The van der Waals surface area contributed by atoms with Crippen molar-refractivity contribution in [2.24, 2.45) is 0 Å². The Kier molecular flexibility index (Phi) is 2.95. The molecule has 5 heteroatoms. The van der Waals surface area contributed by atoms with Gasteiger partial charge in [0, 0.05) is 11.1 Å². The van der Waals surface area contributed by atoms with Crippen LogP contribution in [0.15, 0.2) is 53.5 Å². The molecule has 100 valence electrons. The molecule has 1 aromatic heterocycles. The van der Waals surface area contributed by atoms with E-state index in [0.717, 1.165) is 0 Å². The van der Waals surface area contributed by atoms with E-state index in [1.54, 1.807) is 22.9 Å². The first-order valence-corrected chi connectivity index (χ1v) is 6.14. The van der Waals surface area contributed by atoms with Gasteiger partial charge in [-0.2, -0.15) is 5.10 Å². The smallest absolute Gasteiger partial charge is 0.207 e. The molecule has 3 aromatic rings. The Labute approximate surface area is 114 Å². The molecule has 0 unspecified atom stereocenters. The highest BCUT2D eigenvalue weighted by molar-refractivity contribution is 5.78. The van der Waals surface area contributed by atoms with Crippen molar-refractivity contribution in [1.82, 2.24) is 9.78 Å². The summed E-state index contributed by atoms with van der Waals surface area (Å²) < 4.78 is 14.9. The Hall–Kier alpha value is -2.69. The number of fused-ring (bicyclic) bond motifs is 1. The number of hydrogen-bond acceptors (Lipinski definition) is 3. The van der Waals surface area contributed by atoms with Crippen molar-refractivity contribution in [3.63, 3.8) is 0 Å². The van der Waals surface area contributed by atoms with Crippen LogP contribution in [0.4, 0.5) is 10.1 Å². The molecule has 4 nitrogen and oxygen atoms in total. The first-order valence-electron chi connectivity index (χ1n) is 6.14. The van der Waals surface area contributed by atoms with Crippen molar-refractivity contribution in [3.8, 4) is 0 Å². The van der Waals surface area contributed by atoms with Gasteiger partial charge in [-0.3, -0.25) is 9.48 Å². The van der Waals surface area contributed by atoms with Crippen LogP contribution in [0, 0.1) is 5.82 Å². The van der Waals surface area contributed by atoms with Gasteiger partial charge in [-0.1, -0.05) is 12.1 Å². The van der Waals surface area contributed by atoms with Crippen LogP contribution < -0.4 is 11.2 Å². The van der Waals surface area contributed by atoms with Gasteiger partial charge in [0.05, 0.1) is 18.3 Å². The number of hydrogen-bond donors (Lipinski definition) is 1. The highest BCUT2D eigenvalue weighted by Gasteiger charge is 2.07. The van der Waals surface area contributed by atoms with Gasteiger partial charge in [-0.05, 0) is 35.9 Å². The van der Waals surface area contributed by atoms with Crippen molar-refractivity contribution < 1.29 is 4.39 Å². The third kappa shape index (κ3) is 2.14. The largest absolute Gasteiger partial charge is 0.398 e. The number of halogens is 1. The van der Waals surface area contributed by atoms with Gasteiger partial charge in [0.2, 0.25) is 5.43 Å². The number of benzene rings is 2. The third-order valence-electron chi connectivity index (χ3n) is 3.19. The quantitative estimate of drug-likeness (QED) is 0.725. The molecule has 2 aromatic carbocycles. The second kappa shape index (κ2) is 4.77. The van der Waals surface area contributed by atoms with Crippen molar-refractivity contribution in [1.29, 1.82) is 0 Å². The van der Waals surface area contributed by atoms with E-state index in [-0.39, 0.29) is 11.2 Å². The van der Waals surface area contributed by atoms with Crippen LogP contribution >= 0.6 is 0 Å².